The van der Waals surface area contributed by atoms with Gasteiger partial charge in [0.2, 0.25) is 15.9 Å². The van der Waals surface area contributed by atoms with Gasteiger partial charge in [-0.1, -0.05) is 6.92 Å². The zero-order valence-electron chi connectivity index (χ0n) is 16.6. The van der Waals surface area contributed by atoms with Gasteiger partial charge in [0.25, 0.3) is 5.91 Å². The van der Waals surface area contributed by atoms with Crippen molar-refractivity contribution in [1.29, 1.82) is 0 Å². The van der Waals surface area contributed by atoms with Crippen LogP contribution in [-0.2, 0) is 19.6 Å². The fraction of sp³-hybridized carbons (Fsp3) is 0.600. The van der Waals surface area contributed by atoms with Gasteiger partial charge in [0.05, 0.1) is 16.5 Å². The molecule has 9 heteroatoms. The summed E-state index contributed by atoms with van der Waals surface area (Å²) in [6.45, 7) is 4.23. The summed E-state index contributed by atoms with van der Waals surface area (Å²) >= 11 is 0. The Hall–Kier alpha value is -2.13. The van der Waals surface area contributed by atoms with E-state index in [4.69, 9.17) is 4.74 Å². The Balaban J connectivity index is 1.49. The number of anilines is 1. The molecule has 3 heterocycles. The number of carbonyl (C=O) groups excluding carboxylic acids is 2. The number of piperidine rings is 2. The maximum atomic E-state index is 13.2. The highest BCUT2D eigenvalue weighted by molar-refractivity contribution is 7.89. The van der Waals surface area contributed by atoms with Crippen LogP contribution in [-0.4, -0.2) is 62.2 Å². The number of sulfonamides is 1. The van der Waals surface area contributed by atoms with Crippen molar-refractivity contribution < 1.29 is 22.7 Å². The van der Waals surface area contributed by atoms with Gasteiger partial charge in [0.1, 0.15) is 5.75 Å². The van der Waals surface area contributed by atoms with Crippen LogP contribution in [0.3, 0.4) is 0 Å². The molecule has 2 amide bonds. The maximum Gasteiger partial charge on any atom is 0.262 e. The van der Waals surface area contributed by atoms with E-state index in [1.807, 2.05) is 4.90 Å². The predicted octanol–water partition coefficient (Wildman–Crippen LogP) is 1.68. The van der Waals surface area contributed by atoms with Gasteiger partial charge in [0, 0.05) is 26.2 Å². The number of fused-ring (bicyclic) bond motifs is 1. The van der Waals surface area contributed by atoms with Crippen molar-refractivity contribution >= 4 is 27.5 Å². The first-order chi connectivity index (χ1) is 13.8. The third-order valence-electron chi connectivity index (χ3n) is 6.05. The minimum atomic E-state index is -3.76. The molecule has 1 aromatic rings. The topological polar surface area (TPSA) is 96.0 Å². The number of hydrogen-bond donors (Lipinski definition) is 1. The molecule has 2 fully saturated rings. The normalized spacial score (nSPS) is 23.8. The van der Waals surface area contributed by atoms with E-state index < -0.39 is 10.0 Å². The number of nitrogens with zero attached hydrogens (tertiary/aromatic N) is 2. The minimum absolute atomic E-state index is 0.0721. The summed E-state index contributed by atoms with van der Waals surface area (Å²) in [5.41, 5.74) is 0.356. The number of amides is 2. The fourth-order valence-electron chi connectivity index (χ4n) is 4.22. The smallest absolute Gasteiger partial charge is 0.262 e. The van der Waals surface area contributed by atoms with Crippen LogP contribution in [0.2, 0.25) is 0 Å². The van der Waals surface area contributed by atoms with Crippen LogP contribution < -0.4 is 10.1 Å². The Morgan fingerprint density at radius 1 is 1.17 bits per heavy atom. The first-order valence-corrected chi connectivity index (χ1v) is 11.6. The molecule has 2 saturated heterocycles. The molecular formula is C20H27N3O5S. The molecular weight excluding hydrogens is 394 g/mol. The quantitative estimate of drug-likeness (QED) is 0.801. The Morgan fingerprint density at radius 3 is 2.69 bits per heavy atom. The van der Waals surface area contributed by atoms with Gasteiger partial charge in [-0.15, -0.1) is 0 Å². The van der Waals surface area contributed by atoms with Crippen molar-refractivity contribution in [1.82, 2.24) is 9.21 Å². The zero-order valence-corrected chi connectivity index (χ0v) is 17.4. The van der Waals surface area contributed by atoms with Crippen LogP contribution in [0.1, 0.15) is 32.6 Å². The molecule has 3 aliphatic heterocycles. The number of carbonyl (C=O) groups is 2. The van der Waals surface area contributed by atoms with Crippen LogP contribution in [0.15, 0.2) is 23.1 Å². The Bertz CT molecular complexity index is 909. The Kier molecular flexibility index (Phi) is 5.52. The molecule has 29 heavy (non-hydrogen) atoms. The van der Waals surface area contributed by atoms with E-state index in [-0.39, 0.29) is 35.8 Å². The molecule has 1 unspecified atom stereocenters. The second kappa shape index (κ2) is 7.95. The van der Waals surface area contributed by atoms with E-state index in [0.717, 1.165) is 25.9 Å². The predicted molar refractivity (Wildman–Crippen MR) is 107 cm³/mol. The average molecular weight is 422 g/mol. The second-order valence-corrected chi connectivity index (χ2v) is 10.1. The van der Waals surface area contributed by atoms with Gasteiger partial charge in [-0.3, -0.25) is 9.59 Å². The summed E-state index contributed by atoms with van der Waals surface area (Å²) in [7, 11) is -3.76. The minimum Gasteiger partial charge on any atom is -0.482 e. The van der Waals surface area contributed by atoms with Crippen molar-refractivity contribution in [3.05, 3.63) is 18.2 Å². The lowest BCUT2D eigenvalue weighted by molar-refractivity contribution is -0.138. The van der Waals surface area contributed by atoms with E-state index in [1.165, 1.54) is 16.4 Å². The summed E-state index contributed by atoms with van der Waals surface area (Å²) in [6, 6.07) is 4.48. The van der Waals surface area contributed by atoms with Crippen LogP contribution in [0, 0.1) is 11.8 Å². The largest absolute Gasteiger partial charge is 0.482 e. The molecule has 0 bridgehead atoms. The molecule has 1 atom stereocenters. The molecule has 0 saturated carbocycles. The van der Waals surface area contributed by atoms with Crippen LogP contribution in [0.5, 0.6) is 5.75 Å². The maximum absolute atomic E-state index is 13.2. The monoisotopic (exact) mass is 421 g/mol. The lowest BCUT2D eigenvalue weighted by Crippen LogP contribution is -2.48. The van der Waals surface area contributed by atoms with Crippen LogP contribution in [0.25, 0.3) is 0 Å². The van der Waals surface area contributed by atoms with Gasteiger partial charge >= 0.3 is 0 Å². The third kappa shape index (κ3) is 4.11. The third-order valence-corrected chi connectivity index (χ3v) is 7.91. The molecule has 1 aromatic carbocycles. The molecule has 4 rings (SSSR count). The van der Waals surface area contributed by atoms with E-state index >= 15 is 0 Å². The average Bonchev–Trinajstić information content (AvgIpc) is 2.73. The van der Waals surface area contributed by atoms with Gasteiger partial charge in [0.15, 0.2) is 6.61 Å². The van der Waals surface area contributed by atoms with Gasteiger partial charge in [-0.25, -0.2) is 8.42 Å². The first kappa shape index (κ1) is 20.2. The molecule has 0 radical (unpaired) electrons. The van der Waals surface area contributed by atoms with Crippen molar-refractivity contribution in [2.75, 3.05) is 38.1 Å². The standard InChI is InChI=1S/C20H27N3O5S/c1-14-6-9-22(10-7-14)20(25)15-3-2-8-23(12-15)29(26,27)16-4-5-18-17(11-16)21-19(24)13-28-18/h4-5,11,14-15H,2-3,6-10,12-13H2,1H3,(H,21,24). The molecule has 1 N–H and O–H groups in total. The van der Waals surface area contributed by atoms with Crippen molar-refractivity contribution in [3.8, 4) is 5.75 Å². The van der Waals surface area contributed by atoms with Crippen molar-refractivity contribution in [2.45, 2.75) is 37.5 Å². The second-order valence-electron chi connectivity index (χ2n) is 8.20. The first-order valence-electron chi connectivity index (χ1n) is 10.2. The molecule has 0 aliphatic carbocycles. The molecule has 0 spiro atoms. The Labute approximate surface area is 171 Å². The summed E-state index contributed by atoms with van der Waals surface area (Å²) in [6.07, 6.45) is 3.38. The number of benzene rings is 1. The summed E-state index contributed by atoms with van der Waals surface area (Å²) in [4.78, 5) is 26.5. The number of ether oxygens (including phenoxy) is 1. The number of likely N-dealkylation sites (tertiary alicyclic amines) is 1. The van der Waals surface area contributed by atoms with Gasteiger partial charge in [-0.2, -0.15) is 4.31 Å². The summed E-state index contributed by atoms with van der Waals surface area (Å²) in [5, 5.41) is 2.64. The highest BCUT2D eigenvalue weighted by Crippen LogP contribution is 2.33. The van der Waals surface area contributed by atoms with E-state index in [2.05, 4.69) is 12.2 Å². The van der Waals surface area contributed by atoms with Crippen molar-refractivity contribution in [3.63, 3.8) is 0 Å². The zero-order chi connectivity index (χ0) is 20.6. The van der Waals surface area contributed by atoms with Gasteiger partial charge < -0.3 is 15.0 Å². The molecule has 3 aliphatic rings. The highest BCUT2D eigenvalue weighted by Gasteiger charge is 2.36. The van der Waals surface area contributed by atoms with Crippen LogP contribution in [0.4, 0.5) is 5.69 Å². The lowest BCUT2D eigenvalue weighted by Gasteiger charge is -2.37. The van der Waals surface area contributed by atoms with Crippen molar-refractivity contribution in [2.24, 2.45) is 11.8 Å². The van der Waals surface area contributed by atoms with E-state index in [0.29, 0.717) is 36.7 Å². The molecule has 0 aromatic heterocycles. The summed E-state index contributed by atoms with van der Waals surface area (Å²) < 4.78 is 33.1. The summed E-state index contributed by atoms with van der Waals surface area (Å²) in [5.74, 6) is 0.548. The van der Waals surface area contributed by atoms with Gasteiger partial charge in [-0.05, 0) is 49.8 Å². The number of hydrogen-bond acceptors (Lipinski definition) is 5. The lowest BCUT2D eigenvalue weighted by atomic mass is 9.94. The SMILES string of the molecule is CC1CCN(C(=O)C2CCCN(S(=O)(=O)c3ccc4c(c3)NC(=O)CO4)C2)CC1. The Morgan fingerprint density at radius 2 is 1.93 bits per heavy atom. The number of nitrogens with one attached hydrogen (secondary N) is 1. The fourth-order valence-corrected chi connectivity index (χ4v) is 5.77. The molecule has 158 valence electrons. The van der Waals surface area contributed by atoms with E-state index in [1.54, 1.807) is 6.07 Å². The van der Waals surface area contributed by atoms with E-state index in [9.17, 15) is 18.0 Å². The molecule has 8 nitrogen and oxygen atoms in total. The highest BCUT2D eigenvalue weighted by atomic mass is 32.2. The van der Waals surface area contributed by atoms with Crippen LogP contribution >= 0.6 is 0 Å². The number of rotatable bonds is 3.